The van der Waals surface area contributed by atoms with Gasteiger partial charge in [-0.25, -0.2) is 9.78 Å². The van der Waals surface area contributed by atoms with Crippen molar-refractivity contribution in [3.05, 3.63) is 48.4 Å². The first-order valence-corrected chi connectivity index (χ1v) is 9.17. The fourth-order valence-electron chi connectivity index (χ4n) is 3.84. The van der Waals surface area contributed by atoms with Gasteiger partial charge in [0, 0.05) is 18.7 Å². The summed E-state index contributed by atoms with van der Waals surface area (Å²) in [5.41, 5.74) is 3.88. The number of ether oxygens (including phenoxy) is 1. The molecule has 1 saturated heterocycles. The molecule has 2 amide bonds. The van der Waals surface area contributed by atoms with E-state index in [1.807, 2.05) is 24.3 Å². The van der Waals surface area contributed by atoms with Gasteiger partial charge in [-0.15, -0.1) is 5.10 Å². The lowest BCUT2D eigenvalue weighted by Crippen LogP contribution is -2.40. The maximum atomic E-state index is 12.3. The van der Waals surface area contributed by atoms with Crippen molar-refractivity contribution in [2.45, 2.75) is 25.5 Å². The van der Waals surface area contributed by atoms with Crippen LogP contribution in [-0.2, 0) is 16.0 Å². The van der Waals surface area contributed by atoms with Gasteiger partial charge in [-0.05, 0) is 52.2 Å². The average Bonchev–Trinajstić information content (AvgIpc) is 3.44. The number of cyclic esters (lactones) is 1. The third kappa shape index (κ3) is 2.98. The Bertz CT molecular complexity index is 1080. The fourth-order valence-corrected chi connectivity index (χ4v) is 3.84. The van der Waals surface area contributed by atoms with E-state index in [4.69, 9.17) is 4.74 Å². The molecule has 1 fully saturated rings. The van der Waals surface area contributed by atoms with Crippen molar-refractivity contribution in [2.75, 3.05) is 11.4 Å². The molecule has 2 aromatic heterocycles. The summed E-state index contributed by atoms with van der Waals surface area (Å²) >= 11 is 0. The SMILES string of the molecule is CC(=O)NC[C@@H]1OC(=O)N2c3ccc(-c4ccc(-n5cnnn5)nc4)cc3CC12. The standard InChI is InChI=1S/C19H17N7O3/c1-11(27)20-9-17-16-7-14-6-12(2-4-15(14)26(16)19(28)29-17)13-3-5-18(21-8-13)25-10-22-23-24-25/h2-6,8,10,16-17H,7,9H2,1H3,(H,20,27)/t16?,17-/m0/s1. The largest absolute Gasteiger partial charge is 0.442 e. The molecule has 10 heteroatoms. The van der Waals surface area contributed by atoms with Crippen LogP contribution >= 0.6 is 0 Å². The van der Waals surface area contributed by atoms with Crippen LogP contribution in [0.25, 0.3) is 16.9 Å². The Morgan fingerprint density at radius 1 is 1.28 bits per heavy atom. The number of amides is 2. The van der Waals surface area contributed by atoms with Gasteiger partial charge in [0.15, 0.2) is 5.82 Å². The molecule has 2 atom stereocenters. The molecule has 1 N–H and O–H groups in total. The number of anilines is 1. The van der Waals surface area contributed by atoms with E-state index >= 15 is 0 Å². The molecule has 29 heavy (non-hydrogen) atoms. The average molecular weight is 391 g/mol. The summed E-state index contributed by atoms with van der Waals surface area (Å²) < 4.78 is 6.93. The van der Waals surface area contributed by atoms with Crippen LogP contribution in [0.2, 0.25) is 0 Å². The number of hydrogen-bond donors (Lipinski definition) is 1. The number of rotatable bonds is 4. The minimum Gasteiger partial charge on any atom is -0.442 e. The Hall–Kier alpha value is -3.82. The van der Waals surface area contributed by atoms with Crippen molar-refractivity contribution >= 4 is 17.7 Å². The Kier molecular flexibility index (Phi) is 3.97. The highest BCUT2D eigenvalue weighted by molar-refractivity contribution is 5.94. The summed E-state index contributed by atoms with van der Waals surface area (Å²) in [7, 11) is 0. The molecule has 5 rings (SSSR count). The second-order valence-electron chi connectivity index (χ2n) is 7.00. The predicted molar refractivity (Wildman–Crippen MR) is 101 cm³/mol. The van der Waals surface area contributed by atoms with Gasteiger partial charge < -0.3 is 10.1 Å². The normalized spacial score (nSPS) is 19.6. The zero-order valence-corrected chi connectivity index (χ0v) is 15.5. The molecule has 2 aliphatic heterocycles. The Labute approximate surface area is 165 Å². The summed E-state index contributed by atoms with van der Waals surface area (Å²) in [4.78, 5) is 29.6. The van der Waals surface area contributed by atoms with E-state index < -0.39 is 0 Å². The lowest BCUT2D eigenvalue weighted by molar-refractivity contribution is -0.119. The lowest BCUT2D eigenvalue weighted by Gasteiger charge is -2.16. The van der Waals surface area contributed by atoms with Crippen LogP contribution in [0.5, 0.6) is 0 Å². The van der Waals surface area contributed by atoms with E-state index in [1.54, 1.807) is 11.1 Å². The van der Waals surface area contributed by atoms with Gasteiger partial charge in [0.05, 0.1) is 18.3 Å². The van der Waals surface area contributed by atoms with E-state index in [9.17, 15) is 9.59 Å². The number of carbonyl (C=O) groups is 2. The van der Waals surface area contributed by atoms with E-state index in [1.165, 1.54) is 17.9 Å². The number of nitrogens with zero attached hydrogens (tertiary/aromatic N) is 6. The summed E-state index contributed by atoms with van der Waals surface area (Å²) in [5, 5.41) is 13.8. The number of carbonyl (C=O) groups excluding carboxylic acids is 2. The molecule has 1 unspecified atom stereocenters. The summed E-state index contributed by atoms with van der Waals surface area (Å²) in [5.74, 6) is 0.485. The van der Waals surface area contributed by atoms with Crippen molar-refractivity contribution in [1.29, 1.82) is 0 Å². The zero-order chi connectivity index (χ0) is 20.0. The number of fused-ring (bicyclic) bond motifs is 3. The number of pyridine rings is 1. The maximum absolute atomic E-state index is 12.3. The highest BCUT2D eigenvalue weighted by atomic mass is 16.6. The lowest BCUT2D eigenvalue weighted by atomic mass is 10.0. The molecular weight excluding hydrogens is 374 g/mol. The van der Waals surface area contributed by atoms with E-state index in [0.717, 1.165) is 22.4 Å². The zero-order valence-electron chi connectivity index (χ0n) is 15.5. The van der Waals surface area contributed by atoms with Crippen molar-refractivity contribution < 1.29 is 14.3 Å². The topological polar surface area (TPSA) is 115 Å². The minimum atomic E-state index is -0.371. The van der Waals surface area contributed by atoms with Gasteiger partial charge in [0.1, 0.15) is 12.4 Å². The smallest absolute Gasteiger partial charge is 0.415 e. The quantitative estimate of drug-likeness (QED) is 0.708. The highest BCUT2D eigenvalue weighted by Gasteiger charge is 2.47. The monoisotopic (exact) mass is 391 g/mol. The van der Waals surface area contributed by atoms with E-state index in [-0.39, 0.29) is 24.1 Å². The fraction of sp³-hybridized carbons (Fsp3) is 0.263. The van der Waals surface area contributed by atoms with E-state index in [0.29, 0.717) is 18.8 Å². The molecule has 0 saturated carbocycles. The summed E-state index contributed by atoms with van der Waals surface area (Å²) in [6.45, 7) is 1.76. The van der Waals surface area contributed by atoms with Crippen molar-refractivity contribution in [2.24, 2.45) is 0 Å². The molecule has 10 nitrogen and oxygen atoms in total. The van der Waals surface area contributed by atoms with Gasteiger partial charge in [-0.1, -0.05) is 6.07 Å². The van der Waals surface area contributed by atoms with Crippen LogP contribution < -0.4 is 10.2 Å². The summed E-state index contributed by atoms with van der Waals surface area (Å²) in [6, 6.07) is 9.66. The first-order chi connectivity index (χ1) is 14.1. The number of aromatic nitrogens is 5. The molecule has 1 aromatic carbocycles. The van der Waals surface area contributed by atoms with Gasteiger partial charge >= 0.3 is 6.09 Å². The van der Waals surface area contributed by atoms with Gasteiger partial charge in [-0.3, -0.25) is 9.69 Å². The molecular formula is C19H17N7O3. The van der Waals surface area contributed by atoms with Crippen LogP contribution in [0.1, 0.15) is 12.5 Å². The summed E-state index contributed by atoms with van der Waals surface area (Å²) in [6.07, 6.45) is 3.20. The molecule has 2 aliphatic rings. The molecule has 0 radical (unpaired) electrons. The van der Waals surface area contributed by atoms with Crippen molar-refractivity contribution in [1.82, 2.24) is 30.5 Å². The maximum Gasteiger partial charge on any atom is 0.415 e. The van der Waals surface area contributed by atoms with Crippen molar-refractivity contribution in [3.63, 3.8) is 0 Å². The van der Waals surface area contributed by atoms with Crippen LogP contribution in [0.15, 0.2) is 42.9 Å². The molecule has 3 aromatic rings. The minimum absolute atomic E-state index is 0.111. The van der Waals surface area contributed by atoms with Gasteiger partial charge in [0.25, 0.3) is 0 Å². The molecule has 4 heterocycles. The van der Waals surface area contributed by atoms with Crippen molar-refractivity contribution in [3.8, 4) is 16.9 Å². The first-order valence-electron chi connectivity index (χ1n) is 9.17. The predicted octanol–water partition coefficient (Wildman–Crippen LogP) is 1.11. The number of nitrogens with one attached hydrogen (secondary N) is 1. The van der Waals surface area contributed by atoms with Crippen LogP contribution in [-0.4, -0.2) is 55.9 Å². The van der Waals surface area contributed by atoms with Crippen LogP contribution in [0, 0.1) is 0 Å². The third-order valence-corrected chi connectivity index (χ3v) is 5.19. The van der Waals surface area contributed by atoms with Crippen LogP contribution in [0.3, 0.4) is 0 Å². The third-order valence-electron chi connectivity index (χ3n) is 5.19. The number of tetrazole rings is 1. The molecule has 146 valence electrons. The first kappa shape index (κ1) is 17.3. The highest BCUT2D eigenvalue weighted by Crippen LogP contribution is 2.40. The number of benzene rings is 1. The second kappa shape index (κ2) is 6.66. The molecule has 0 aliphatic carbocycles. The van der Waals surface area contributed by atoms with Crippen LogP contribution in [0.4, 0.5) is 10.5 Å². The van der Waals surface area contributed by atoms with E-state index in [2.05, 4.69) is 31.9 Å². The molecule has 0 bridgehead atoms. The molecule has 0 spiro atoms. The second-order valence-corrected chi connectivity index (χ2v) is 7.00. The Balaban J connectivity index is 1.39. The number of hydrogen-bond acceptors (Lipinski definition) is 7. The Morgan fingerprint density at radius 2 is 2.14 bits per heavy atom. The van der Waals surface area contributed by atoms with Gasteiger partial charge in [0.2, 0.25) is 5.91 Å². The Morgan fingerprint density at radius 3 is 2.86 bits per heavy atom. The van der Waals surface area contributed by atoms with Gasteiger partial charge in [-0.2, -0.15) is 4.68 Å².